The predicted octanol–water partition coefficient (Wildman–Crippen LogP) is 2.62. The van der Waals surface area contributed by atoms with Crippen LogP contribution in [0.1, 0.15) is 54.0 Å². The molecule has 1 heterocycles. The lowest BCUT2D eigenvalue weighted by molar-refractivity contribution is 0.0943. The summed E-state index contributed by atoms with van der Waals surface area (Å²) in [7, 11) is -3.64. The van der Waals surface area contributed by atoms with Crippen LogP contribution in [0.5, 0.6) is 0 Å². The minimum Gasteiger partial charge on any atom is -0.348 e. The van der Waals surface area contributed by atoms with E-state index in [0.717, 1.165) is 17.1 Å². The fourth-order valence-electron chi connectivity index (χ4n) is 3.10. The second-order valence-corrected chi connectivity index (χ2v) is 8.73. The zero-order chi connectivity index (χ0) is 19.6. The normalized spacial score (nSPS) is 13.0. The van der Waals surface area contributed by atoms with Crippen molar-refractivity contribution in [3.05, 3.63) is 52.8 Å². The van der Waals surface area contributed by atoms with E-state index in [-0.39, 0.29) is 11.7 Å². The molecule has 0 saturated carbocycles. The molecule has 0 aliphatic heterocycles. The molecule has 1 amide bonds. The smallest absolute Gasteiger partial charge is 0.253 e. The molecule has 7 heteroatoms. The van der Waals surface area contributed by atoms with Gasteiger partial charge in [-0.15, -0.1) is 0 Å². The SMILES string of the molecule is Cc1cc(C(=O)N[C@H](C)CS(N)(=O)=O)c(C)n1-c1cccc(C(C)C)c1. The van der Waals surface area contributed by atoms with E-state index in [1.54, 1.807) is 6.92 Å². The molecule has 0 fully saturated rings. The molecule has 0 radical (unpaired) electrons. The maximum absolute atomic E-state index is 12.6. The molecule has 1 aromatic heterocycles. The molecule has 0 saturated heterocycles. The summed E-state index contributed by atoms with van der Waals surface area (Å²) in [5, 5.41) is 7.74. The van der Waals surface area contributed by atoms with E-state index in [4.69, 9.17) is 5.14 Å². The third-order valence-electron chi connectivity index (χ3n) is 4.33. The molecule has 2 rings (SSSR count). The summed E-state index contributed by atoms with van der Waals surface area (Å²) in [6.07, 6.45) is 0. The minimum absolute atomic E-state index is 0.298. The number of carbonyl (C=O) groups is 1. The van der Waals surface area contributed by atoms with Crippen molar-refractivity contribution in [2.75, 3.05) is 5.75 Å². The standard InChI is InChI=1S/C19H27N3O3S/c1-12(2)16-7-6-8-17(10-16)22-14(4)9-18(15(22)5)19(23)21-13(3)11-26(20,24)25/h6-10,12-13H,11H2,1-5H3,(H,21,23)(H2,20,24,25)/t13-/m1/s1. The molecule has 2 aromatic rings. The zero-order valence-electron chi connectivity index (χ0n) is 15.9. The lowest BCUT2D eigenvalue weighted by atomic mass is 10.0. The van der Waals surface area contributed by atoms with E-state index in [0.29, 0.717) is 11.5 Å². The first-order valence-corrected chi connectivity index (χ1v) is 10.3. The first-order chi connectivity index (χ1) is 12.0. The molecule has 3 N–H and O–H groups in total. The van der Waals surface area contributed by atoms with E-state index in [9.17, 15) is 13.2 Å². The van der Waals surface area contributed by atoms with Gasteiger partial charge in [-0.05, 0) is 50.5 Å². The van der Waals surface area contributed by atoms with Crippen molar-refractivity contribution in [1.29, 1.82) is 0 Å². The summed E-state index contributed by atoms with van der Waals surface area (Å²) in [5.41, 5.74) is 4.50. The van der Waals surface area contributed by atoms with Gasteiger partial charge in [0.05, 0.1) is 11.3 Å². The van der Waals surface area contributed by atoms with Gasteiger partial charge in [-0.25, -0.2) is 13.6 Å². The number of hydrogen-bond acceptors (Lipinski definition) is 3. The molecular formula is C19H27N3O3S. The highest BCUT2D eigenvalue weighted by atomic mass is 32.2. The van der Waals surface area contributed by atoms with E-state index in [1.807, 2.05) is 36.6 Å². The molecule has 0 bridgehead atoms. The Balaban J connectivity index is 2.33. The van der Waals surface area contributed by atoms with Gasteiger partial charge in [-0.1, -0.05) is 26.0 Å². The molecule has 0 aliphatic carbocycles. The second kappa shape index (κ2) is 7.63. The summed E-state index contributed by atoms with van der Waals surface area (Å²) >= 11 is 0. The topological polar surface area (TPSA) is 94.2 Å². The Morgan fingerprint density at radius 3 is 2.42 bits per heavy atom. The third kappa shape index (κ3) is 4.74. The molecule has 0 spiro atoms. The van der Waals surface area contributed by atoms with Gasteiger partial charge in [0.1, 0.15) is 0 Å². The molecule has 6 nitrogen and oxygen atoms in total. The van der Waals surface area contributed by atoms with Crippen LogP contribution in [0.15, 0.2) is 30.3 Å². The highest BCUT2D eigenvalue weighted by Gasteiger charge is 2.20. The van der Waals surface area contributed by atoms with E-state index >= 15 is 0 Å². The van der Waals surface area contributed by atoms with Gasteiger partial charge in [-0.3, -0.25) is 4.79 Å². The van der Waals surface area contributed by atoms with Crippen molar-refractivity contribution in [2.24, 2.45) is 5.14 Å². The Morgan fingerprint density at radius 1 is 1.19 bits per heavy atom. The number of sulfonamides is 1. The lowest BCUT2D eigenvalue weighted by Gasteiger charge is -2.14. The first-order valence-electron chi connectivity index (χ1n) is 8.60. The maximum Gasteiger partial charge on any atom is 0.253 e. The summed E-state index contributed by atoms with van der Waals surface area (Å²) in [5.74, 6) is -0.193. The number of nitrogens with one attached hydrogen (secondary N) is 1. The van der Waals surface area contributed by atoms with Gasteiger partial charge in [0, 0.05) is 23.1 Å². The van der Waals surface area contributed by atoms with Gasteiger partial charge < -0.3 is 9.88 Å². The fraction of sp³-hybridized carbons (Fsp3) is 0.421. The van der Waals surface area contributed by atoms with E-state index < -0.39 is 16.1 Å². The molecule has 1 atom stereocenters. The van der Waals surface area contributed by atoms with Gasteiger partial charge in [0.15, 0.2) is 0 Å². The van der Waals surface area contributed by atoms with Crippen molar-refractivity contribution < 1.29 is 13.2 Å². The van der Waals surface area contributed by atoms with Gasteiger partial charge >= 0.3 is 0 Å². The van der Waals surface area contributed by atoms with E-state index in [2.05, 4.69) is 31.3 Å². The number of hydrogen-bond donors (Lipinski definition) is 2. The van der Waals surface area contributed by atoms with Crippen LogP contribution in [-0.2, 0) is 10.0 Å². The molecule has 142 valence electrons. The van der Waals surface area contributed by atoms with Crippen molar-refractivity contribution in [2.45, 2.75) is 46.6 Å². The maximum atomic E-state index is 12.6. The van der Waals surface area contributed by atoms with Crippen LogP contribution in [0, 0.1) is 13.8 Å². The first kappa shape index (κ1) is 20.2. The van der Waals surface area contributed by atoms with Crippen molar-refractivity contribution in [1.82, 2.24) is 9.88 Å². The van der Waals surface area contributed by atoms with Gasteiger partial charge in [0.2, 0.25) is 10.0 Å². The molecular weight excluding hydrogens is 350 g/mol. The number of aromatic nitrogens is 1. The van der Waals surface area contributed by atoms with E-state index in [1.165, 1.54) is 5.56 Å². The number of primary sulfonamides is 1. The number of amides is 1. The summed E-state index contributed by atoms with van der Waals surface area (Å²) in [6.45, 7) is 9.72. The van der Waals surface area contributed by atoms with Crippen LogP contribution < -0.4 is 10.5 Å². The number of rotatable bonds is 6. The molecule has 0 aliphatic rings. The molecule has 0 unspecified atom stereocenters. The summed E-state index contributed by atoms with van der Waals surface area (Å²) in [6, 6.07) is 9.48. The Bertz CT molecular complexity index is 914. The third-order valence-corrected chi connectivity index (χ3v) is 5.30. The fourth-order valence-corrected chi connectivity index (χ4v) is 3.88. The van der Waals surface area contributed by atoms with Gasteiger partial charge in [0.25, 0.3) is 5.91 Å². The quantitative estimate of drug-likeness (QED) is 0.810. The summed E-state index contributed by atoms with van der Waals surface area (Å²) in [4.78, 5) is 12.6. The Labute approximate surface area is 155 Å². The van der Waals surface area contributed by atoms with Crippen LogP contribution in [-0.4, -0.2) is 30.7 Å². The van der Waals surface area contributed by atoms with Crippen LogP contribution in [0.4, 0.5) is 0 Å². The largest absolute Gasteiger partial charge is 0.348 e. The lowest BCUT2D eigenvalue weighted by Crippen LogP contribution is -2.39. The monoisotopic (exact) mass is 377 g/mol. The number of carbonyl (C=O) groups excluding carboxylic acids is 1. The zero-order valence-corrected chi connectivity index (χ0v) is 16.7. The summed E-state index contributed by atoms with van der Waals surface area (Å²) < 4.78 is 24.4. The number of benzene rings is 1. The average Bonchev–Trinajstić information content (AvgIpc) is 2.80. The highest BCUT2D eigenvalue weighted by Crippen LogP contribution is 2.24. The van der Waals surface area contributed by atoms with Crippen LogP contribution >= 0.6 is 0 Å². The Morgan fingerprint density at radius 2 is 1.85 bits per heavy atom. The van der Waals surface area contributed by atoms with Crippen LogP contribution in [0.25, 0.3) is 5.69 Å². The predicted molar refractivity (Wildman–Crippen MR) is 104 cm³/mol. The Hall–Kier alpha value is -2.12. The minimum atomic E-state index is -3.64. The van der Waals surface area contributed by atoms with Crippen LogP contribution in [0.2, 0.25) is 0 Å². The van der Waals surface area contributed by atoms with Crippen molar-refractivity contribution in [3.63, 3.8) is 0 Å². The van der Waals surface area contributed by atoms with Gasteiger partial charge in [-0.2, -0.15) is 0 Å². The van der Waals surface area contributed by atoms with Crippen molar-refractivity contribution >= 4 is 15.9 Å². The molecule has 26 heavy (non-hydrogen) atoms. The number of aryl methyl sites for hydroxylation is 1. The average molecular weight is 378 g/mol. The highest BCUT2D eigenvalue weighted by molar-refractivity contribution is 7.89. The second-order valence-electron chi connectivity index (χ2n) is 7.07. The van der Waals surface area contributed by atoms with Crippen LogP contribution in [0.3, 0.4) is 0 Å². The Kier molecular flexibility index (Phi) is 5.93. The van der Waals surface area contributed by atoms with Crippen molar-refractivity contribution in [3.8, 4) is 5.69 Å². The number of nitrogens with zero attached hydrogens (tertiary/aromatic N) is 1. The number of nitrogens with two attached hydrogens (primary N) is 1. The molecule has 1 aromatic carbocycles.